The molecule has 2 aliphatic rings. The topological polar surface area (TPSA) is 41.5 Å². The number of amides is 1. The smallest absolute Gasteiger partial charge is 0.229 e. The summed E-state index contributed by atoms with van der Waals surface area (Å²) in [6.07, 6.45) is 4.69. The fraction of sp³-hybridized carbons (Fsp3) is 0.500. The van der Waals surface area contributed by atoms with Gasteiger partial charge in [-0.15, -0.1) is 0 Å². The number of carbonyl (C=O) groups excluding carboxylic acids is 1. The molecular weight excluding hydrogens is 140 g/mol. The minimum absolute atomic E-state index is 0.0643. The molecule has 0 aromatic heterocycles. The molecule has 2 aliphatic heterocycles. The molecule has 0 aromatic rings. The zero-order chi connectivity index (χ0) is 7.68. The van der Waals surface area contributed by atoms with Crippen LogP contribution < -0.4 is 5.32 Å². The normalized spacial score (nSPS) is 23.1. The van der Waals surface area contributed by atoms with Gasteiger partial charge in [-0.1, -0.05) is 6.08 Å². The van der Waals surface area contributed by atoms with Crippen molar-refractivity contribution >= 4 is 11.7 Å². The number of hydrogen-bond acceptors (Lipinski definition) is 2. The standard InChI is InChI=1S/C8H10N2O/c11-7-4-3-6-2-1-5-9-8(6)10-7/h3H,1-2,4-5H2,(H,9,10,11). The van der Waals surface area contributed by atoms with Crippen molar-refractivity contribution in [2.45, 2.75) is 19.3 Å². The van der Waals surface area contributed by atoms with Crippen molar-refractivity contribution < 1.29 is 4.79 Å². The molecule has 0 bridgehead atoms. The van der Waals surface area contributed by atoms with Crippen molar-refractivity contribution in [3.05, 3.63) is 11.6 Å². The zero-order valence-electron chi connectivity index (χ0n) is 6.26. The van der Waals surface area contributed by atoms with Gasteiger partial charge in [-0.25, -0.2) is 0 Å². The molecule has 2 heterocycles. The molecule has 3 nitrogen and oxygen atoms in total. The Kier molecular flexibility index (Phi) is 1.49. The number of aliphatic imine (C=N–C) groups is 1. The highest BCUT2D eigenvalue weighted by molar-refractivity contribution is 6.10. The summed E-state index contributed by atoms with van der Waals surface area (Å²) >= 11 is 0. The number of nitrogens with one attached hydrogen (secondary N) is 1. The van der Waals surface area contributed by atoms with E-state index in [1.165, 1.54) is 5.57 Å². The highest BCUT2D eigenvalue weighted by Crippen LogP contribution is 2.15. The molecule has 0 atom stereocenters. The lowest BCUT2D eigenvalue weighted by Gasteiger charge is -2.19. The predicted molar refractivity (Wildman–Crippen MR) is 42.4 cm³/mol. The lowest BCUT2D eigenvalue weighted by molar-refractivity contribution is -0.119. The minimum Gasteiger partial charge on any atom is -0.311 e. The molecule has 1 N–H and O–H groups in total. The fourth-order valence-electron chi connectivity index (χ4n) is 1.40. The molecule has 2 rings (SSSR count). The molecule has 0 radical (unpaired) electrons. The Hall–Kier alpha value is -1.12. The van der Waals surface area contributed by atoms with Gasteiger partial charge in [0.25, 0.3) is 0 Å². The highest BCUT2D eigenvalue weighted by atomic mass is 16.1. The second-order valence-electron chi connectivity index (χ2n) is 2.82. The zero-order valence-corrected chi connectivity index (χ0v) is 6.26. The van der Waals surface area contributed by atoms with Gasteiger partial charge in [0.15, 0.2) is 0 Å². The van der Waals surface area contributed by atoms with E-state index in [1.807, 2.05) is 6.08 Å². The van der Waals surface area contributed by atoms with Crippen LogP contribution in [0.1, 0.15) is 19.3 Å². The van der Waals surface area contributed by atoms with Crippen LogP contribution in [0.5, 0.6) is 0 Å². The van der Waals surface area contributed by atoms with Gasteiger partial charge in [0.2, 0.25) is 5.91 Å². The third kappa shape index (κ3) is 1.18. The lowest BCUT2D eigenvalue weighted by Crippen LogP contribution is -2.36. The Morgan fingerprint density at radius 1 is 1.55 bits per heavy atom. The second-order valence-corrected chi connectivity index (χ2v) is 2.82. The maximum absolute atomic E-state index is 10.9. The first-order valence-corrected chi connectivity index (χ1v) is 3.90. The molecule has 58 valence electrons. The summed E-state index contributed by atoms with van der Waals surface area (Å²) in [4.78, 5) is 15.1. The van der Waals surface area contributed by atoms with Crippen LogP contribution in [-0.2, 0) is 4.79 Å². The first-order valence-electron chi connectivity index (χ1n) is 3.90. The highest BCUT2D eigenvalue weighted by Gasteiger charge is 2.17. The fourth-order valence-corrected chi connectivity index (χ4v) is 1.40. The van der Waals surface area contributed by atoms with E-state index in [0.29, 0.717) is 6.42 Å². The van der Waals surface area contributed by atoms with Crippen molar-refractivity contribution in [2.75, 3.05) is 6.54 Å². The summed E-state index contributed by atoms with van der Waals surface area (Å²) in [5, 5.41) is 2.76. The Bertz CT molecular complexity index is 253. The van der Waals surface area contributed by atoms with Crippen molar-refractivity contribution in [1.29, 1.82) is 0 Å². The molecule has 11 heavy (non-hydrogen) atoms. The SMILES string of the molecule is O=C1CC=C2CCCN=C2N1. The number of amidine groups is 1. The van der Waals surface area contributed by atoms with E-state index in [-0.39, 0.29) is 5.91 Å². The van der Waals surface area contributed by atoms with Gasteiger partial charge in [-0.05, 0) is 18.4 Å². The van der Waals surface area contributed by atoms with Crippen LogP contribution in [0.2, 0.25) is 0 Å². The van der Waals surface area contributed by atoms with E-state index in [4.69, 9.17) is 0 Å². The Labute approximate surface area is 65.2 Å². The average molecular weight is 150 g/mol. The van der Waals surface area contributed by atoms with Crippen LogP contribution in [0.25, 0.3) is 0 Å². The lowest BCUT2D eigenvalue weighted by atomic mass is 10.0. The summed E-state index contributed by atoms with van der Waals surface area (Å²) in [6.45, 7) is 0.854. The summed E-state index contributed by atoms with van der Waals surface area (Å²) in [5.74, 6) is 0.877. The Morgan fingerprint density at radius 2 is 2.45 bits per heavy atom. The first-order chi connectivity index (χ1) is 5.36. The van der Waals surface area contributed by atoms with Gasteiger partial charge >= 0.3 is 0 Å². The summed E-state index contributed by atoms with van der Waals surface area (Å²) in [5.41, 5.74) is 1.22. The first kappa shape index (κ1) is 6.58. The average Bonchev–Trinajstić information content (AvgIpc) is 2.04. The monoisotopic (exact) mass is 150 g/mol. The van der Waals surface area contributed by atoms with Crippen LogP contribution in [0.4, 0.5) is 0 Å². The van der Waals surface area contributed by atoms with Gasteiger partial charge < -0.3 is 5.32 Å². The van der Waals surface area contributed by atoms with E-state index < -0.39 is 0 Å². The molecule has 0 fully saturated rings. The predicted octanol–water partition coefficient (Wildman–Crippen LogP) is 0.625. The number of rotatable bonds is 0. The van der Waals surface area contributed by atoms with E-state index in [9.17, 15) is 4.79 Å². The molecule has 0 aliphatic carbocycles. The van der Waals surface area contributed by atoms with Crippen LogP contribution in [0.15, 0.2) is 16.6 Å². The van der Waals surface area contributed by atoms with Crippen LogP contribution in [0.3, 0.4) is 0 Å². The second kappa shape index (κ2) is 2.49. The van der Waals surface area contributed by atoms with Crippen LogP contribution in [-0.4, -0.2) is 18.3 Å². The van der Waals surface area contributed by atoms with E-state index in [1.54, 1.807) is 0 Å². The maximum Gasteiger partial charge on any atom is 0.229 e. The number of nitrogens with zero attached hydrogens (tertiary/aromatic N) is 1. The molecule has 0 saturated carbocycles. The van der Waals surface area contributed by atoms with Gasteiger partial charge in [0.1, 0.15) is 5.84 Å². The van der Waals surface area contributed by atoms with E-state index in [0.717, 1.165) is 25.2 Å². The van der Waals surface area contributed by atoms with Crippen molar-refractivity contribution in [3.8, 4) is 0 Å². The molecule has 1 amide bonds. The largest absolute Gasteiger partial charge is 0.311 e. The summed E-state index contributed by atoms with van der Waals surface area (Å²) in [7, 11) is 0. The third-order valence-corrected chi connectivity index (χ3v) is 1.97. The Balaban J connectivity index is 2.29. The van der Waals surface area contributed by atoms with Crippen LogP contribution in [0, 0.1) is 0 Å². The number of hydrogen-bond donors (Lipinski definition) is 1. The van der Waals surface area contributed by atoms with Gasteiger partial charge in [-0.3, -0.25) is 9.79 Å². The van der Waals surface area contributed by atoms with E-state index >= 15 is 0 Å². The van der Waals surface area contributed by atoms with Crippen molar-refractivity contribution in [1.82, 2.24) is 5.32 Å². The molecule has 3 heteroatoms. The molecule has 0 aromatic carbocycles. The van der Waals surface area contributed by atoms with E-state index in [2.05, 4.69) is 10.3 Å². The summed E-state index contributed by atoms with van der Waals surface area (Å²) in [6, 6.07) is 0. The van der Waals surface area contributed by atoms with Crippen LogP contribution >= 0.6 is 0 Å². The minimum atomic E-state index is 0.0643. The molecule has 0 spiro atoms. The Morgan fingerprint density at radius 3 is 3.36 bits per heavy atom. The van der Waals surface area contributed by atoms with Gasteiger partial charge in [-0.2, -0.15) is 0 Å². The number of carbonyl (C=O) groups is 1. The third-order valence-electron chi connectivity index (χ3n) is 1.97. The quantitative estimate of drug-likeness (QED) is 0.540. The van der Waals surface area contributed by atoms with Gasteiger partial charge in [0, 0.05) is 13.0 Å². The molecular formula is C8H10N2O. The van der Waals surface area contributed by atoms with Crippen molar-refractivity contribution in [2.24, 2.45) is 4.99 Å². The van der Waals surface area contributed by atoms with Crippen molar-refractivity contribution in [3.63, 3.8) is 0 Å². The summed E-state index contributed by atoms with van der Waals surface area (Å²) < 4.78 is 0. The molecule has 0 unspecified atom stereocenters. The number of fused-ring (bicyclic) bond motifs is 1. The van der Waals surface area contributed by atoms with Gasteiger partial charge in [0.05, 0.1) is 0 Å². The molecule has 0 saturated heterocycles. The maximum atomic E-state index is 10.9.